The Bertz CT molecular complexity index is 605. The van der Waals surface area contributed by atoms with Crippen molar-refractivity contribution in [2.75, 3.05) is 46.3 Å². The zero-order valence-electron chi connectivity index (χ0n) is 24.5. The fourth-order valence-corrected chi connectivity index (χ4v) is 5.04. The van der Waals surface area contributed by atoms with E-state index in [4.69, 9.17) is 0 Å². The highest BCUT2D eigenvalue weighted by molar-refractivity contribution is 5.76. The summed E-state index contributed by atoms with van der Waals surface area (Å²) >= 11 is 0. The Hall–Kier alpha value is -1.14. The van der Waals surface area contributed by atoms with Crippen molar-refractivity contribution in [2.45, 2.75) is 101 Å². The molecule has 34 heavy (non-hydrogen) atoms. The van der Waals surface area contributed by atoms with E-state index in [9.17, 15) is 9.59 Å². The molecule has 0 rings (SSSR count). The lowest BCUT2D eigenvalue weighted by molar-refractivity contribution is -0.122. The SMILES string of the molecule is CCC(C)(CNC(=O)CCN(CCNC)CCC(=O)NCC(C)(C)CC(C)(C)C)CC(C)(C)C. The van der Waals surface area contributed by atoms with Gasteiger partial charge in [0.2, 0.25) is 11.8 Å². The molecular formula is C28H58N4O2. The summed E-state index contributed by atoms with van der Waals surface area (Å²) < 4.78 is 0. The minimum absolute atomic E-state index is 0.0673. The maximum absolute atomic E-state index is 12.6. The summed E-state index contributed by atoms with van der Waals surface area (Å²) in [6.45, 7) is 26.7. The quantitative estimate of drug-likeness (QED) is 0.294. The van der Waals surface area contributed by atoms with Gasteiger partial charge in [-0.3, -0.25) is 9.59 Å². The van der Waals surface area contributed by atoms with E-state index in [-0.39, 0.29) is 33.5 Å². The predicted octanol–water partition coefficient (Wildman–Crippen LogP) is 4.84. The molecule has 0 saturated heterocycles. The second-order valence-corrected chi connectivity index (χ2v) is 13.8. The average molecular weight is 483 g/mol. The van der Waals surface area contributed by atoms with E-state index in [0.717, 1.165) is 32.4 Å². The van der Waals surface area contributed by atoms with Gasteiger partial charge in [-0.1, -0.05) is 69.2 Å². The molecule has 0 aromatic rings. The third-order valence-corrected chi connectivity index (χ3v) is 6.28. The Kier molecular flexibility index (Phi) is 13.9. The molecule has 0 bridgehead atoms. The van der Waals surface area contributed by atoms with Crippen LogP contribution in [-0.4, -0.2) is 63.0 Å². The Balaban J connectivity index is 4.60. The minimum atomic E-state index is 0.0673. The van der Waals surface area contributed by atoms with Gasteiger partial charge < -0.3 is 20.9 Å². The highest BCUT2D eigenvalue weighted by Gasteiger charge is 2.29. The van der Waals surface area contributed by atoms with Gasteiger partial charge in [0.15, 0.2) is 0 Å². The minimum Gasteiger partial charge on any atom is -0.356 e. The van der Waals surface area contributed by atoms with Crippen LogP contribution in [0.5, 0.6) is 0 Å². The molecule has 1 atom stereocenters. The van der Waals surface area contributed by atoms with Crippen molar-refractivity contribution < 1.29 is 9.59 Å². The van der Waals surface area contributed by atoms with Crippen molar-refractivity contribution in [3.05, 3.63) is 0 Å². The number of rotatable bonds is 16. The molecule has 0 aliphatic heterocycles. The summed E-state index contributed by atoms with van der Waals surface area (Å²) in [6, 6.07) is 0. The second-order valence-electron chi connectivity index (χ2n) is 13.8. The van der Waals surface area contributed by atoms with Crippen molar-refractivity contribution in [1.29, 1.82) is 0 Å². The van der Waals surface area contributed by atoms with Crippen LogP contribution in [-0.2, 0) is 9.59 Å². The van der Waals surface area contributed by atoms with E-state index >= 15 is 0 Å². The number of hydrogen-bond acceptors (Lipinski definition) is 4. The van der Waals surface area contributed by atoms with E-state index in [1.165, 1.54) is 0 Å². The number of nitrogens with one attached hydrogen (secondary N) is 3. The first-order valence-electron chi connectivity index (χ1n) is 13.3. The van der Waals surface area contributed by atoms with Crippen LogP contribution >= 0.6 is 0 Å². The molecule has 3 N–H and O–H groups in total. The lowest BCUT2D eigenvalue weighted by Crippen LogP contribution is -2.41. The van der Waals surface area contributed by atoms with Crippen LogP contribution in [0.15, 0.2) is 0 Å². The van der Waals surface area contributed by atoms with Crippen LogP contribution < -0.4 is 16.0 Å². The van der Waals surface area contributed by atoms with Gasteiger partial charge in [0.1, 0.15) is 0 Å². The molecule has 6 heteroatoms. The Morgan fingerprint density at radius 3 is 1.59 bits per heavy atom. The number of hydrogen-bond donors (Lipinski definition) is 3. The first-order chi connectivity index (χ1) is 15.4. The largest absolute Gasteiger partial charge is 0.356 e. The Labute approximate surface area is 211 Å². The molecule has 0 heterocycles. The van der Waals surface area contributed by atoms with Crippen LogP contribution in [0.4, 0.5) is 0 Å². The van der Waals surface area contributed by atoms with Gasteiger partial charge in [0.25, 0.3) is 0 Å². The average Bonchev–Trinajstić information content (AvgIpc) is 2.67. The van der Waals surface area contributed by atoms with Crippen LogP contribution in [0.2, 0.25) is 0 Å². The van der Waals surface area contributed by atoms with Crippen molar-refractivity contribution in [3.63, 3.8) is 0 Å². The standard InChI is InChI=1S/C28H58N4O2/c1-12-28(10,20-26(5,6)7)22-31-24(34)14-17-32(18-15-29-11)16-13-23(33)30-21-27(8,9)19-25(2,3)4/h29H,12-22H2,1-11H3,(H,30,33)(H,31,34). The zero-order chi connectivity index (χ0) is 26.6. The van der Waals surface area contributed by atoms with Crippen LogP contribution in [0.1, 0.15) is 101 Å². The third-order valence-electron chi connectivity index (χ3n) is 6.28. The summed E-state index contributed by atoms with van der Waals surface area (Å²) in [6.07, 6.45) is 4.08. The fraction of sp³-hybridized carbons (Fsp3) is 0.929. The molecule has 0 aliphatic carbocycles. The van der Waals surface area contributed by atoms with Gasteiger partial charge in [0.05, 0.1) is 0 Å². The summed E-state index contributed by atoms with van der Waals surface area (Å²) in [4.78, 5) is 27.3. The van der Waals surface area contributed by atoms with Gasteiger partial charge in [0, 0.05) is 52.1 Å². The predicted molar refractivity (Wildman–Crippen MR) is 146 cm³/mol. The van der Waals surface area contributed by atoms with Crippen molar-refractivity contribution >= 4 is 11.8 Å². The van der Waals surface area contributed by atoms with Gasteiger partial charge in [-0.2, -0.15) is 0 Å². The molecule has 0 saturated carbocycles. The van der Waals surface area contributed by atoms with Crippen molar-refractivity contribution in [2.24, 2.45) is 21.7 Å². The molecule has 2 amide bonds. The van der Waals surface area contributed by atoms with E-state index < -0.39 is 0 Å². The van der Waals surface area contributed by atoms with Crippen LogP contribution in [0, 0.1) is 21.7 Å². The first kappa shape index (κ1) is 32.9. The van der Waals surface area contributed by atoms with Crippen LogP contribution in [0.3, 0.4) is 0 Å². The molecular weight excluding hydrogens is 424 g/mol. The van der Waals surface area contributed by atoms with Gasteiger partial charge in [-0.15, -0.1) is 0 Å². The lowest BCUT2D eigenvalue weighted by Gasteiger charge is -2.35. The third kappa shape index (κ3) is 17.3. The monoisotopic (exact) mass is 482 g/mol. The number of amides is 2. The van der Waals surface area contributed by atoms with E-state index in [0.29, 0.717) is 39.0 Å². The molecule has 0 fully saturated rings. The maximum atomic E-state index is 12.6. The molecule has 1 unspecified atom stereocenters. The van der Waals surface area contributed by atoms with Crippen molar-refractivity contribution in [3.8, 4) is 0 Å². The first-order valence-corrected chi connectivity index (χ1v) is 13.3. The van der Waals surface area contributed by atoms with E-state index in [2.05, 4.69) is 90.1 Å². The van der Waals surface area contributed by atoms with Crippen molar-refractivity contribution in [1.82, 2.24) is 20.9 Å². The number of carbonyl (C=O) groups is 2. The summed E-state index contributed by atoms with van der Waals surface area (Å²) in [5.74, 6) is 0.179. The smallest absolute Gasteiger partial charge is 0.221 e. The Morgan fingerprint density at radius 2 is 1.18 bits per heavy atom. The Morgan fingerprint density at radius 1 is 0.706 bits per heavy atom. The highest BCUT2D eigenvalue weighted by atomic mass is 16.2. The molecule has 0 aromatic carbocycles. The lowest BCUT2D eigenvalue weighted by atomic mass is 9.73. The zero-order valence-corrected chi connectivity index (χ0v) is 24.5. The summed E-state index contributed by atoms with van der Waals surface area (Å²) in [5, 5.41) is 9.46. The van der Waals surface area contributed by atoms with E-state index in [1.807, 2.05) is 7.05 Å². The van der Waals surface area contributed by atoms with Gasteiger partial charge in [-0.05, 0) is 48.0 Å². The maximum Gasteiger partial charge on any atom is 0.221 e. The molecule has 0 radical (unpaired) electrons. The normalized spacial score (nSPS) is 14.7. The number of carbonyl (C=O) groups excluding carboxylic acids is 2. The van der Waals surface area contributed by atoms with E-state index in [1.54, 1.807) is 0 Å². The number of nitrogens with zero attached hydrogens (tertiary/aromatic N) is 1. The highest BCUT2D eigenvalue weighted by Crippen LogP contribution is 2.35. The van der Waals surface area contributed by atoms with Crippen LogP contribution in [0.25, 0.3) is 0 Å². The van der Waals surface area contributed by atoms with Gasteiger partial charge in [-0.25, -0.2) is 0 Å². The van der Waals surface area contributed by atoms with Gasteiger partial charge >= 0.3 is 0 Å². The number of likely N-dealkylation sites (N-methyl/N-ethyl adjacent to an activating group) is 1. The molecule has 0 aromatic heterocycles. The molecule has 0 spiro atoms. The molecule has 202 valence electrons. The second kappa shape index (κ2) is 14.4. The fourth-order valence-electron chi connectivity index (χ4n) is 5.04. The molecule has 6 nitrogen and oxygen atoms in total. The molecule has 0 aliphatic rings. The summed E-state index contributed by atoms with van der Waals surface area (Å²) in [5.41, 5.74) is 0.651. The summed E-state index contributed by atoms with van der Waals surface area (Å²) in [7, 11) is 1.93. The topological polar surface area (TPSA) is 73.5 Å².